The Balaban J connectivity index is 3.02. The predicted molar refractivity (Wildman–Crippen MR) is 69.5 cm³/mol. The predicted octanol–water partition coefficient (Wildman–Crippen LogP) is 2.81. The van der Waals surface area contributed by atoms with Crippen molar-refractivity contribution in [2.45, 2.75) is 26.3 Å². The Morgan fingerprint density at radius 3 is 2.78 bits per heavy atom. The van der Waals surface area contributed by atoms with Crippen LogP contribution in [0.15, 0.2) is 18.2 Å². The van der Waals surface area contributed by atoms with Gasteiger partial charge in [0, 0.05) is 12.6 Å². The van der Waals surface area contributed by atoms with E-state index in [9.17, 15) is 9.90 Å². The topological polar surface area (TPSA) is 64.3 Å². The second-order valence-electron chi connectivity index (χ2n) is 4.16. The molecule has 0 aliphatic heterocycles. The number of carbonyl (C=O) groups excluding carboxylic acids is 1. The largest absolute Gasteiger partial charge is 0.508 e. The van der Waals surface area contributed by atoms with Crippen LogP contribution in [0, 0.1) is 11.3 Å². The van der Waals surface area contributed by atoms with Gasteiger partial charge >= 0.3 is 0 Å². The summed E-state index contributed by atoms with van der Waals surface area (Å²) in [5.41, 5.74) is 0.253. The van der Waals surface area contributed by atoms with Gasteiger partial charge in [-0.25, -0.2) is 0 Å². The zero-order valence-corrected chi connectivity index (χ0v) is 11.1. The quantitative estimate of drug-likeness (QED) is 0.911. The second-order valence-corrected chi connectivity index (χ2v) is 4.57. The second kappa shape index (κ2) is 6.27. The summed E-state index contributed by atoms with van der Waals surface area (Å²) in [6, 6.07) is 6.21. The normalized spacial score (nSPS) is 10.2. The summed E-state index contributed by atoms with van der Waals surface area (Å²) < 4.78 is 0. The van der Waals surface area contributed by atoms with E-state index in [-0.39, 0.29) is 29.7 Å². The number of carbonyl (C=O) groups is 1. The number of rotatable bonds is 4. The van der Waals surface area contributed by atoms with Gasteiger partial charge in [-0.3, -0.25) is 4.79 Å². The van der Waals surface area contributed by atoms with Crippen LogP contribution in [-0.4, -0.2) is 28.5 Å². The molecule has 0 saturated carbocycles. The summed E-state index contributed by atoms with van der Waals surface area (Å²) in [6.07, 6.45) is 0.264. The lowest BCUT2D eigenvalue weighted by atomic mass is 10.1. The van der Waals surface area contributed by atoms with Gasteiger partial charge in [-0.1, -0.05) is 11.6 Å². The van der Waals surface area contributed by atoms with Gasteiger partial charge in [-0.05, 0) is 32.0 Å². The molecular formula is C13H15ClN2O2. The number of halogens is 1. The molecule has 0 heterocycles. The summed E-state index contributed by atoms with van der Waals surface area (Å²) >= 11 is 5.95. The highest BCUT2D eigenvalue weighted by atomic mass is 35.5. The molecule has 4 nitrogen and oxygen atoms in total. The smallest absolute Gasteiger partial charge is 0.255 e. The Hall–Kier alpha value is -1.73. The zero-order valence-electron chi connectivity index (χ0n) is 10.4. The number of hydrogen-bond acceptors (Lipinski definition) is 3. The highest BCUT2D eigenvalue weighted by Crippen LogP contribution is 2.23. The number of nitrogens with zero attached hydrogens (tertiary/aromatic N) is 2. The zero-order chi connectivity index (χ0) is 13.7. The minimum Gasteiger partial charge on any atom is -0.508 e. The summed E-state index contributed by atoms with van der Waals surface area (Å²) in [5.74, 6) is -0.284. The molecule has 5 heteroatoms. The Morgan fingerprint density at radius 1 is 1.56 bits per heavy atom. The third kappa shape index (κ3) is 3.38. The monoisotopic (exact) mass is 266 g/mol. The maximum atomic E-state index is 12.3. The van der Waals surface area contributed by atoms with Crippen LogP contribution in [0.25, 0.3) is 0 Å². The molecular weight excluding hydrogens is 252 g/mol. The first-order valence-corrected chi connectivity index (χ1v) is 6.01. The molecule has 0 aliphatic rings. The number of benzene rings is 1. The average molecular weight is 267 g/mol. The van der Waals surface area contributed by atoms with Crippen LogP contribution in [0.1, 0.15) is 30.6 Å². The molecule has 0 spiro atoms. The van der Waals surface area contributed by atoms with E-state index < -0.39 is 0 Å². The van der Waals surface area contributed by atoms with Crippen LogP contribution in [0.2, 0.25) is 5.02 Å². The van der Waals surface area contributed by atoms with Crippen molar-refractivity contribution < 1.29 is 9.90 Å². The fourth-order valence-corrected chi connectivity index (χ4v) is 1.79. The molecule has 0 fully saturated rings. The van der Waals surface area contributed by atoms with Crippen molar-refractivity contribution in [2.75, 3.05) is 6.54 Å². The van der Waals surface area contributed by atoms with Crippen LogP contribution in [-0.2, 0) is 0 Å². The minimum atomic E-state index is -0.277. The van der Waals surface area contributed by atoms with E-state index in [1.165, 1.54) is 18.2 Å². The van der Waals surface area contributed by atoms with E-state index >= 15 is 0 Å². The van der Waals surface area contributed by atoms with Crippen molar-refractivity contribution in [2.24, 2.45) is 0 Å². The van der Waals surface area contributed by atoms with Crippen molar-refractivity contribution in [1.82, 2.24) is 4.90 Å². The lowest BCUT2D eigenvalue weighted by molar-refractivity contribution is 0.0710. The number of hydrogen-bond donors (Lipinski definition) is 1. The van der Waals surface area contributed by atoms with Crippen LogP contribution < -0.4 is 0 Å². The van der Waals surface area contributed by atoms with Gasteiger partial charge in [0.2, 0.25) is 0 Å². The van der Waals surface area contributed by atoms with Crippen LogP contribution in [0.4, 0.5) is 0 Å². The van der Waals surface area contributed by atoms with Crippen molar-refractivity contribution in [3.8, 4) is 11.8 Å². The third-order valence-corrected chi connectivity index (χ3v) is 2.86. The summed E-state index contributed by atoms with van der Waals surface area (Å²) in [4.78, 5) is 13.8. The number of aromatic hydroxyl groups is 1. The molecule has 0 unspecified atom stereocenters. The summed E-state index contributed by atoms with van der Waals surface area (Å²) in [6.45, 7) is 4.08. The van der Waals surface area contributed by atoms with E-state index in [1.807, 2.05) is 19.9 Å². The van der Waals surface area contributed by atoms with Gasteiger partial charge < -0.3 is 10.0 Å². The molecule has 0 radical (unpaired) electrons. The Morgan fingerprint density at radius 2 is 2.22 bits per heavy atom. The van der Waals surface area contributed by atoms with Gasteiger partial charge in [-0.15, -0.1) is 0 Å². The molecule has 1 amide bonds. The van der Waals surface area contributed by atoms with Crippen molar-refractivity contribution in [1.29, 1.82) is 5.26 Å². The fraction of sp³-hybridized carbons (Fsp3) is 0.385. The number of phenols is 1. The van der Waals surface area contributed by atoms with E-state index in [1.54, 1.807) is 4.90 Å². The maximum Gasteiger partial charge on any atom is 0.255 e. The molecule has 0 atom stereocenters. The van der Waals surface area contributed by atoms with Crippen LogP contribution in [0.3, 0.4) is 0 Å². The van der Waals surface area contributed by atoms with Gasteiger partial charge in [0.25, 0.3) is 5.91 Å². The van der Waals surface area contributed by atoms with E-state index in [4.69, 9.17) is 16.9 Å². The molecule has 1 aromatic rings. The summed E-state index contributed by atoms with van der Waals surface area (Å²) in [5, 5.41) is 18.3. The van der Waals surface area contributed by atoms with Gasteiger partial charge in [0.15, 0.2) is 0 Å². The molecule has 0 bridgehead atoms. The first-order chi connectivity index (χ1) is 8.47. The van der Waals surface area contributed by atoms with E-state index in [2.05, 4.69) is 0 Å². The van der Waals surface area contributed by atoms with Gasteiger partial charge in [0.05, 0.1) is 23.1 Å². The minimum absolute atomic E-state index is 0.00765. The van der Waals surface area contributed by atoms with E-state index in [0.29, 0.717) is 11.6 Å². The third-order valence-electron chi connectivity index (χ3n) is 2.53. The number of phenolic OH excluding ortho intramolecular Hbond substituents is 1. The molecule has 96 valence electrons. The molecule has 0 aliphatic carbocycles. The Kier molecular flexibility index (Phi) is 4.99. The van der Waals surface area contributed by atoms with Crippen LogP contribution in [0.5, 0.6) is 5.75 Å². The fourth-order valence-electron chi connectivity index (χ4n) is 1.60. The molecule has 1 aromatic carbocycles. The van der Waals surface area contributed by atoms with Gasteiger partial charge in [-0.2, -0.15) is 5.26 Å². The SMILES string of the molecule is CC(C)N(CCC#N)C(=O)c1cc(O)ccc1Cl. The Bertz CT molecular complexity index is 480. The Labute approximate surface area is 111 Å². The average Bonchev–Trinajstić information content (AvgIpc) is 2.32. The molecule has 1 N–H and O–H groups in total. The molecule has 0 saturated heterocycles. The molecule has 18 heavy (non-hydrogen) atoms. The standard InChI is InChI=1S/C13H15ClN2O2/c1-9(2)16(7-3-6-15)13(18)11-8-10(17)4-5-12(11)14/h4-5,8-9,17H,3,7H2,1-2H3. The van der Waals surface area contributed by atoms with Crippen molar-refractivity contribution in [3.63, 3.8) is 0 Å². The highest BCUT2D eigenvalue weighted by molar-refractivity contribution is 6.33. The lowest BCUT2D eigenvalue weighted by Crippen LogP contribution is -2.37. The van der Waals surface area contributed by atoms with Crippen LogP contribution >= 0.6 is 11.6 Å². The first-order valence-electron chi connectivity index (χ1n) is 5.63. The first kappa shape index (κ1) is 14.3. The molecule has 0 aromatic heterocycles. The molecule has 1 rings (SSSR count). The maximum absolute atomic E-state index is 12.3. The lowest BCUT2D eigenvalue weighted by Gasteiger charge is -2.26. The van der Waals surface area contributed by atoms with Crippen molar-refractivity contribution >= 4 is 17.5 Å². The highest BCUT2D eigenvalue weighted by Gasteiger charge is 2.21. The van der Waals surface area contributed by atoms with E-state index in [0.717, 1.165) is 0 Å². The number of nitriles is 1. The van der Waals surface area contributed by atoms with Crippen molar-refractivity contribution in [3.05, 3.63) is 28.8 Å². The number of amides is 1. The van der Waals surface area contributed by atoms with Gasteiger partial charge in [0.1, 0.15) is 5.75 Å². The summed E-state index contributed by atoms with van der Waals surface area (Å²) in [7, 11) is 0.